The van der Waals surface area contributed by atoms with Gasteiger partial charge in [0, 0.05) is 18.3 Å². The number of aromatic carboxylic acids is 1. The van der Waals surface area contributed by atoms with Crippen LogP contribution in [0.2, 0.25) is 0 Å². The lowest BCUT2D eigenvalue weighted by Crippen LogP contribution is -2.04. The summed E-state index contributed by atoms with van der Waals surface area (Å²) >= 11 is 1.64. The Kier molecular flexibility index (Phi) is 3.47. The molecule has 0 aliphatic rings. The van der Waals surface area contributed by atoms with E-state index >= 15 is 0 Å². The summed E-state index contributed by atoms with van der Waals surface area (Å²) < 4.78 is 2.05. The average molecular weight is 301 g/mol. The molecule has 2 aromatic heterocycles. The summed E-state index contributed by atoms with van der Waals surface area (Å²) in [4.78, 5) is 20.1. The molecule has 0 unspecified atom stereocenters. The number of hydrogen-bond donors (Lipinski definition) is 1. The van der Waals surface area contributed by atoms with Gasteiger partial charge in [-0.1, -0.05) is 6.07 Å². The number of benzene rings is 1. The van der Waals surface area contributed by atoms with Crippen LogP contribution in [0.5, 0.6) is 0 Å². The van der Waals surface area contributed by atoms with Crippen LogP contribution in [0.15, 0.2) is 23.6 Å². The topological polar surface area (TPSA) is 68.0 Å². The Morgan fingerprint density at radius 1 is 1.33 bits per heavy atom. The summed E-state index contributed by atoms with van der Waals surface area (Å²) in [6.07, 6.45) is 0.813. The number of hydrogen-bond acceptors (Lipinski definition) is 4. The molecular formula is C15H15N3O2S. The third kappa shape index (κ3) is 2.54. The van der Waals surface area contributed by atoms with E-state index in [9.17, 15) is 9.90 Å². The highest BCUT2D eigenvalue weighted by Crippen LogP contribution is 2.21. The minimum Gasteiger partial charge on any atom is -0.478 e. The van der Waals surface area contributed by atoms with Gasteiger partial charge >= 0.3 is 5.97 Å². The number of carboxylic acids is 1. The van der Waals surface area contributed by atoms with Gasteiger partial charge in [0.2, 0.25) is 0 Å². The fourth-order valence-corrected chi connectivity index (χ4v) is 3.11. The number of rotatable bonds is 4. The number of carbonyl (C=O) groups is 1. The summed E-state index contributed by atoms with van der Waals surface area (Å²) in [6.45, 7) is 4.64. The van der Waals surface area contributed by atoms with E-state index in [4.69, 9.17) is 0 Å². The second kappa shape index (κ2) is 5.29. The monoisotopic (exact) mass is 301 g/mol. The van der Waals surface area contributed by atoms with Gasteiger partial charge in [-0.2, -0.15) is 0 Å². The van der Waals surface area contributed by atoms with Gasteiger partial charge in [-0.15, -0.1) is 11.3 Å². The van der Waals surface area contributed by atoms with E-state index in [0.717, 1.165) is 35.0 Å². The number of thiazole rings is 1. The Bertz CT molecular complexity index is 820. The second-order valence-corrected chi connectivity index (χ2v) is 5.96. The first kappa shape index (κ1) is 13.8. The summed E-state index contributed by atoms with van der Waals surface area (Å²) in [5, 5.41) is 12.4. The van der Waals surface area contributed by atoms with E-state index in [1.165, 1.54) is 0 Å². The fourth-order valence-electron chi connectivity index (χ4n) is 2.47. The van der Waals surface area contributed by atoms with Gasteiger partial charge in [0.25, 0.3) is 0 Å². The SMILES string of the molecule is Cc1nc(CCn2c(C)nc3c(C(=O)O)cccc32)cs1. The molecule has 108 valence electrons. The van der Waals surface area contributed by atoms with Crippen molar-refractivity contribution in [3.05, 3.63) is 45.7 Å². The number of fused-ring (bicyclic) bond motifs is 1. The molecule has 0 radical (unpaired) electrons. The predicted molar refractivity (Wildman–Crippen MR) is 82.0 cm³/mol. The lowest BCUT2D eigenvalue weighted by molar-refractivity contribution is 0.0699. The first-order valence-electron chi connectivity index (χ1n) is 6.66. The molecule has 0 spiro atoms. The number of nitrogens with zero attached hydrogens (tertiary/aromatic N) is 3. The van der Waals surface area contributed by atoms with Crippen LogP contribution in [-0.4, -0.2) is 25.6 Å². The van der Waals surface area contributed by atoms with Crippen molar-refractivity contribution in [2.24, 2.45) is 0 Å². The van der Waals surface area contributed by atoms with Gasteiger partial charge in [-0.05, 0) is 26.0 Å². The third-order valence-corrected chi connectivity index (χ3v) is 4.28. The second-order valence-electron chi connectivity index (χ2n) is 4.90. The molecule has 0 aliphatic heterocycles. The van der Waals surface area contributed by atoms with Crippen molar-refractivity contribution in [3.8, 4) is 0 Å². The van der Waals surface area contributed by atoms with Crippen molar-refractivity contribution in [1.82, 2.24) is 14.5 Å². The molecule has 3 rings (SSSR count). The molecule has 2 heterocycles. The van der Waals surface area contributed by atoms with Crippen molar-refractivity contribution >= 4 is 28.3 Å². The molecule has 1 aromatic carbocycles. The van der Waals surface area contributed by atoms with Crippen LogP contribution in [0, 0.1) is 13.8 Å². The van der Waals surface area contributed by atoms with Crippen LogP contribution >= 0.6 is 11.3 Å². The quantitative estimate of drug-likeness (QED) is 0.804. The molecule has 0 saturated heterocycles. The Labute approximate surface area is 125 Å². The molecule has 1 N–H and O–H groups in total. The molecule has 0 aliphatic carbocycles. The summed E-state index contributed by atoms with van der Waals surface area (Å²) in [5.74, 6) is -0.119. The molecule has 0 amide bonds. The molecule has 0 atom stereocenters. The molecule has 21 heavy (non-hydrogen) atoms. The van der Waals surface area contributed by atoms with Crippen LogP contribution < -0.4 is 0 Å². The summed E-state index contributed by atoms with van der Waals surface area (Å²) in [6, 6.07) is 5.26. The third-order valence-electron chi connectivity index (χ3n) is 3.46. The van der Waals surface area contributed by atoms with Crippen LogP contribution in [0.25, 0.3) is 11.0 Å². The van der Waals surface area contributed by atoms with Gasteiger partial charge in [0.15, 0.2) is 0 Å². The largest absolute Gasteiger partial charge is 0.478 e. The standard InChI is InChI=1S/C15H15N3O2S/c1-9-16-14-12(15(19)20)4-3-5-13(14)18(9)7-6-11-8-21-10(2)17-11/h3-5,8H,6-7H2,1-2H3,(H,19,20). The van der Waals surface area contributed by atoms with Gasteiger partial charge in [-0.3, -0.25) is 0 Å². The van der Waals surface area contributed by atoms with E-state index < -0.39 is 5.97 Å². The molecular weight excluding hydrogens is 286 g/mol. The van der Waals surface area contributed by atoms with E-state index in [-0.39, 0.29) is 5.56 Å². The molecule has 5 nitrogen and oxygen atoms in total. The zero-order valence-electron chi connectivity index (χ0n) is 11.8. The van der Waals surface area contributed by atoms with Crippen molar-refractivity contribution in [2.45, 2.75) is 26.8 Å². The molecule has 0 fully saturated rings. The number of aryl methyl sites for hydroxylation is 4. The molecule has 6 heteroatoms. The van der Waals surface area contributed by atoms with Crippen molar-refractivity contribution in [3.63, 3.8) is 0 Å². The summed E-state index contributed by atoms with van der Waals surface area (Å²) in [5.41, 5.74) is 2.73. The first-order chi connectivity index (χ1) is 10.1. The van der Waals surface area contributed by atoms with Crippen molar-refractivity contribution in [2.75, 3.05) is 0 Å². The van der Waals surface area contributed by atoms with Crippen molar-refractivity contribution < 1.29 is 9.90 Å². The van der Waals surface area contributed by atoms with E-state index in [1.807, 2.05) is 19.9 Å². The Morgan fingerprint density at radius 2 is 2.14 bits per heavy atom. The molecule has 0 saturated carbocycles. The summed E-state index contributed by atoms with van der Waals surface area (Å²) in [7, 11) is 0. The Hall–Kier alpha value is -2.21. The minimum atomic E-state index is -0.944. The maximum absolute atomic E-state index is 11.3. The van der Waals surface area contributed by atoms with Crippen LogP contribution in [0.1, 0.15) is 26.9 Å². The number of para-hydroxylation sites is 1. The smallest absolute Gasteiger partial charge is 0.337 e. The Balaban J connectivity index is 1.97. The maximum atomic E-state index is 11.3. The van der Waals surface area contributed by atoms with E-state index in [0.29, 0.717) is 5.52 Å². The normalized spacial score (nSPS) is 11.1. The molecule has 0 bridgehead atoms. The van der Waals surface area contributed by atoms with E-state index in [2.05, 4.69) is 19.9 Å². The zero-order chi connectivity index (χ0) is 15.0. The lowest BCUT2D eigenvalue weighted by Gasteiger charge is -2.05. The Morgan fingerprint density at radius 3 is 2.81 bits per heavy atom. The highest BCUT2D eigenvalue weighted by Gasteiger charge is 2.15. The number of imidazole rings is 1. The van der Waals surface area contributed by atoms with Gasteiger partial charge in [0.05, 0.1) is 21.8 Å². The first-order valence-corrected chi connectivity index (χ1v) is 7.54. The highest BCUT2D eigenvalue weighted by molar-refractivity contribution is 7.09. The van der Waals surface area contributed by atoms with Crippen molar-refractivity contribution in [1.29, 1.82) is 0 Å². The maximum Gasteiger partial charge on any atom is 0.337 e. The van der Waals surface area contributed by atoms with Gasteiger partial charge in [0.1, 0.15) is 11.3 Å². The van der Waals surface area contributed by atoms with Gasteiger partial charge in [-0.25, -0.2) is 14.8 Å². The van der Waals surface area contributed by atoms with E-state index in [1.54, 1.807) is 23.5 Å². The number of carboxylic acid groups (broad SMARTS) is 1. The highest BCUT2D eigenvalue weighted by atomic mass is 32.1. The van der Waals surface area contributed by atoms with Gasteiger partial charge < -0.3 is 9.67 Å². The average Bonchev–Trinajstić information content (AvgIpc) is 2.98. The van der Waals surface area contributed by atoms with Crippen LogP contribution in [-0.2, 0) is 13.0 Å². The number of aromatic nitrogens is 3. The lowest BCUT2D eigenvalue weighted by atomic mass is 10.2. The fraction of sp³-hybridized carbons (Fsp3) is 0.267. The van der Waals surface area contributed by atoms with Crippen LogP contribution in [0.3, 0.4) is 0 Å². The molecule has 3 aromatic rings. The predicted octanol–water partition coefficient (Wildman–Crippen LogP) is 3.05. The van der Waals surface area contributed by atoms with Crippen LogP contribution in [0.4, 0.5) is 0 Å². The zero-order valence-corrected chi connectivity index (χ0v) is 12.6. The minimum absolute atomic E-state index is 0.249.